The molecule has 98 valence electrons. The molecule has 2 aromatic heterocycles. The molecule has 0 amide bonds. The Morgan fingerprint density at radius 2 is 2.44 bits per heavy atom. The maximum Gasteiger partial charge on any atom is 0.148 e. The molecule has 6 nitrogen and oxygen atoms in total. The van der Waals surface area contributed by atoms with Gasteiger partial charge in [0.2, 0.25) is 0 Å². The van der Waals surface area contributed by atoms with Gasteiger partial charge >= 0.3 is 0 Å². The van der Waals surface area contributed by atoms with E-state index in [1.165, 1.54) is 0 Å². The molecule has 0 radical (unpaired) electrons. The number of aryl methyl sites for hydroxylation is 1. The highest BCUT2D eigenvalue weighted by Crippen LogP contribution is 2.03. The molecule has 1 atom stereocenters. The van der Waals surface area contributed by atoms with Gasteiger partial charge in [0.25, 0.3) is 0 Å². The Morgan fingerprint density at radius 3 is 3.11 bits per heavy atom. The highest BCUT2D eigenvalue weighted by Gasteiger charge is 2.06. The molecule has 1 unspecified atom stereocenters. The normalized spacial score (nSPS) is 12.6. The molecule has 6 heteroatoms. The SMILES string of the molecule is Cn1ccc(NCC(O)COCc2ccco2)n1. The summed E-state index contributed by atoms with van der Waals surface area (Å²) >= 11 is 0. The molecule has 18 heavy (non-hydrogen) atoms. The predicted octanol–water partition coefficient (Wildman–Crippen LogP) is 1.00. The number of nitrogens with zero attached hydrogens (tertiary/aromatic N) is 2. The molecule has 0 aliphatic heterocycles. The number of aromatic nitrogens is 2. The standard InChI is InChI=1S/C12H17N3O3/c1-15-5-4-12(14-15)13-7-10(16)8-17-9-11-3-2-6-18-11/h2-6,10,16H,7-9H2,1H3,(H,13,14). The Morgan fingerprint density at radius 1 is 1.56 bits per heavy atom. The van der Waals surface area contributed by atoms with E-state index in [-0.39, 0.29) is 6.61 Å². The third-order valence-electron chi connectivity index (χ3n) is 2.37. The van der Waals surface area contributed by atoms with E-state index in [4.69, 9.17) is 9.15 Å². The lowest BCUT2D eigenvalue weighted by atomic mass is 10.3. The fourth-order valence-corrected chi connectivity index (χ4v) is 1.48. The first-order valence-electron chi connectivity index (χ1n) is 5.76. The average Bonchev–Trinajstić information content (AvgIpc) is 2.98. The summed E-state index contributed by atoms with van der Waals surface area (Å²) in [7, 11) is 1.84. The zero-order chi connectivity index (χ0) is 12.8. The van der Waals surface area contributed by atoms with Crippen molar-refractivity contribution in [2.45, 2.75) is 12.7 Å². The van der Waals surface area contributed by atoms with Crippen LogP contribution in [0, 0.1) is 0 Å². The van der Waals surface area contributed by atoms with Crippen LogP contribution in [0.5, 0.6) is 0 Å². The van der Waals surface area contributed by atoms with E-state index in [0.717, 1.165) is 11.6 Å². The average molecular weight is 251 g/mol. The molecule has 0 aliphatic carbocycles. The van der Waals surface area contributed by atoms with Gasteiger partial charge < -0.3 is 19.6 Å². The summed E-state index contributed by atoms with van der Waals surface area (Å²) in [6, 6.07) is 5.48. The minimum atomic E-state index is -0.582. The van der Waals surface area contributed by atoms with Crippen LogP contribution in [0.25, 0.3) is 0 Å². The highest BCUT2D eigenvalue weighted by molar-refractivity contribution is 5.31. The number of hydrogen-bond donors (Lipinski definition) is 2. The zero-order valence-corrected chi connectivity index (χ0v) is 10.2. The van der Waals surface area contributed by atoms with Gasteiger partial charge in [-0.15, -0.1) is 0 Å². The van der Waals surface area contributed by atoms with Crippen molar-refractivity contribution in [3.63, 3.8) is 0 Å². The van der Waals surface area contributed by atoms with Crippen molar-refractivity contribution in [1.29, 1.82) is 0 Å². The Bertz CT molecular complexity index is 453. The van der Waals surface area contributed by atoms with Gasteiger partial charge in [0, 0.05) is 25.9 Å². The third kappa shape index (κ3) is 3.90. The lowest BCUT2D eigenvalue weighted by Gasteiger charge is -2.11. The van der Waals surface area contributed by atoms with Crippen molar-refractivity contribution >= 4 is 5.82 Å². The van der Waals surface area contributed by atoms with E-state index in [1.807, 2.05) is 25.4 Å². The summed E-state index contributed by atoms with van der Waals surface area (Å²) in [4.78, 5) is 0. The number of hydrogen-bond acceptors (Lipinski definition) is 5. The van der Waals surface area contributed by atoms with E-state index in [9.17, 15) is 5.11 Å². The van der Waals surface area contributed by atoms with Crippen LogP contribution < -0.4 is 5.32 Å². The Balaban J connectivity index is 1.61. The van der Waals surface area contributed by atoms with Crippen LogP contribution in [0.2, 0.25) is 0 Å². The Hall–Kier alpha value is -1.79. The van der Waals surface area contributed by atoms with Gasteiger partial charge in [-0.25, -0.2) is 0 Å². The molecule has 2 aromatic rings. The molecule has 0 fully saturated rings. The minimum absolute atomic E-state index is 0.251. The van der Waals surface area contributed by atoms with Gasteiger partial charge in [0.05, 0.1) is 19.0 Å². The number of furan rings is 1. The molecule has 0 aliphatic rings. The fourth-order valence-electron chi connectivity index (χ4n) is 1.48. The van der Waals surface area contributed by atoms with E-state index in [1.54, 1.807) is 17.0 Å². The first-order chi connectivity index (χ1) is 8.74. The summed E-state index contributed by atoms with van der Waals surface area (Å²) in [5, 5.41) is 16.9. The van der Waals surface area contributed by atoms with Gasteiger partial charge in [0.1, 0.15) is 18.2 Å². The largest absolute Gasteiger partial charge is 0.467 e. The topological polar surface area (TPSA) is 72.5 Å². The van der Waals surface area contributed by atoms with Crippen LogP contribution in [0.15, 0.2) is 35.1 Å². The molecule has 2 rings (SSSR count). The van der Waals surface area contributed by atoms with Crippen LogP contribution in [0.3, 0.4) is 0 Å². The lowest BCUT2D eigenvalue weighted by Crippen LogP contribution is -2.25. The first kappa shape index (κ1) is 12.7. The molecular weight excluding hydrogens is 234 g/mol. The van der Waals surface area contributed by atoms with Crippen molar-refractivity contribution in [2.24, 2.45) is 7.05 Å². The summed E-state index contributed by atoms with van der Waals surface area (Å²) in [6.07, 6.45) is 2.85. The molecular formula is C12H17N3O3. The van der Waals surface area contributed by atoms with E-state index in [0.29, 0.717) is 13.2 Å². The number of rotatable bonds is 7. The van der Waals surface area contributed by atoms with Crippen LogP contribution >= 0.6 is 0 Å². The molecule has 0 saturated carbocycles. The zero-order valence-electron chi connectivity index (χ0n) is 10.2. The number of anilines is 1. The van der Waals surface area contributed by atoms with Crippen molar-refractivity contribution in [3.05, 3.63) is 36.4 Å². The summed E-state index contributed by atoms with van der Waals surface area (Å²) in [6.45, 7) is 1.02. The number of aliphatic hydroxyl groups is 1. The molecule has 0 aromatic carbocycles. The predicted molar refractivity (Wildman–Crippen MR) is 66.1 cm³/mol. The van der Waals surface area contributed by atoms with E-state index in [2.05, 4.69) is 10.4 Å². The van der Waals surface area contributed by atoms with E-state index >= 15 is 0 Å². The third-order valence-corrected chi connectivity index (χ3v) is 2.37. The van der Waals surface area contributed by atoms with Crippen LogP contribution in [-0.2, 0) is 18.4 Å². The highest BCUT2D eigenvalue weighted by atomic mass is 16.5. The number of aliphatic hydroxyl groups excluding tert-OH is 1. The molecule has 2 heterocycles. The Kier molecular flexibility index (Phi) is 4.38. The number of ether oxygens (including phenoxy) is 1. The molecule has 2 N–H and O–H groups in total. The van der Waals surface area contributed by atoms with Crippen LogP contribution in [0.1, 0.15) is 5.76 Å². The fraction of sp³-hybridized carbons (Fsp3) is 0.417. The molecule has 0 bridgehead atoms. The van der Waals surface area contributed by atoms with Crippen LogP contribution in [-0.4, -0.2) is 34.1 Å². The second-order valence-electron chi connectivity index (χ2n) is 4.00. The van der Waals surface area contributed by atoms with Gasteiger partial charge in [-0.2, -0.15) is 5.10 Å². The second-order valence-corrected chi connectivity index (χ2v) is 4.00. The van der Waals surface area contributed by atoms with Gasteiger partial charge in [-0.3, -0.25) is 4.68 Å². The lowest BCUT2D eigenvalue weighted by molar-refractivity contribution is 0.0282. The quantitative estimate of drug-likeness (QED) is 0.768. The second kappa shape index (κ2) is 6.23. The minimum Gasteiger partial charge on any atom is -0.467 e. The van der Waals surface area contributed by atoms with Gasteiger partial charge in [0.15, 0.2) is 0 Å². The maximum absolute atomic E-state index is 9.69. The van der Waals surface area contributed by atoms with Crippen molar-refractivity contribution < 1.29 is 14.3 Å². The summed E-state index contributed by atoms with van der Waals surface area (Å²) in [5.74, 6) is 1.49. The van der Waals surface area contributed by atoms with Crippen molar-refractivity contribution in [3.8, 4) is 0 Å². The molecule has 0 spiro atoms. The van der Waals surface area contributed by atoms with Gasteiger partial charge in [-0.05, 0) is 12.1 Å². The smallest absolute Gasteiger partial charge is 0.148 e. The monoisotopic (exact) mass is 251 g/mol. The van der Waals surface area contributed by atoms with Gasteiger partial charge in [-0.1, -0.05) is 0 Å². The van der Waals surface area contributed by atoms with E-state index < -0.39 is 6.10 Å². The maximum atomic E-state index is 9.69. The van der Waals surface area contributed by atoms with Crippen molar-refractivity contribution in [1.82, 2.24) is 9.78 Å². The Labute approximate surface area is 105 Å². The summed E-state index contributed by atoms with van der Waals surface area (Å²) < 4.78 is 12.1. The first-order valence-corrected chi connectivity index (χ1v) is 5.76. The summed E-state index contributed by atoms with van der Waals surface area (Å²) in [5.41, 5.74) is 0. The van der Waals surface area contributed by atoms with Crippen LogP contribution in [0.4, 0.5) is 5.82 Å². The van der Waals surface area contributed by atoms with Crippen molar-refractivity contribution in [2.75, 3.05) is 18.5 Å². The molecule has 0 saturated heterocycles. The number of nitrogens with one attached hydrogen (secondary N) is 1.